The van der Waals surface area contributed by atoms with Crippen LogP contribution in [0.1, 0.15) is 12.6 Å². The summed E-state index contributed by atoms with van der Waals surface area (Å²) in [6.45, 7) is 5.01. The smallest absolute Gasteiger partial charge is 0.262 e. The van der Waals surface area contributed by atoms with Crippen LogP contribution < -0.4 is 10.1 Å². The molecule has 0 saturated heterocycles. The van der Waals surface area contributed by atoms with Crippen LogP contribution in [0.4, 0.5) is 5.69 Å². The van der Waals surface area contributed by atoms with Crippen LogP contribution in [0, 0.1) is 6.92 Å². The number of aromatic nitrogens is 3. The molecule has 0 aliphatic carbocycles. The third-order valence-corrected chi connectivity index (χ3v) is 4.55. The summed E-state index contributed by atoms with van der Waals surface area (Å²) in [5.41, 5.74) is 3.90. The SMILES string of the molecule is CCn1c(C)cc2cc(NC(=O)COc3ncnc4ccccc34)ccc21. The predicted molar refractivity (Wildman–Crippen MR) is 106 cm³/mol. The molecule has 27 heavy (non-hydrogen) atoms. The molecule has 2 heterocycles. The molecule has 0 bridgehead atoms. The standard InChI is InChI=1S/C21H20N4O2/c1-3-25-14(2)10-15-11-16(8-9-19(15)25)24-20(26)12-27-21-17-6-4-5-7-18(17)22-13-23-21/h4-11,13H,3,12H2,1-2H3,(H,24,26). The van der Waals surface area contributed by atoms with Gasteiger partial charge in [-0.15, -0.1) is 0 Å². The molecule has 4 aromatic rings. The first-order valence-electron chi connectivity index (χ1n) is 8.88. The topological polar surface area (TPSA) is 69.0 Å². The van der Waals surface area contributed by atoms with E-state index in [1.165, 1.54) is 12.0 Å². The van der Waals surface area contributed by atoms with E-state index >= 15 is 0 Å². The lowest BCUT2D eigenvalue weighted by Crippen LogP contribution is -2.20. The summed E-state index contributed by atoms with van der Waals surface area (Å²) < 4.78 is 7.85. The highest BCUT2D eigenvalue weighted by Crippen LogP contribution is 2.24. The summed E-state index contributed by atoms with van der Waals surface area (Å²) in [6, 6.07) is 15.6. The van der Waals surface area contributed by atoms with Crippen molar-refractivity contribution in [3.05, 3.63) is 60.6 Å². The quantitative estimate of drug-likeness (QED) is 0.585. The molecule has 136 valence electrons. The van der Waals surface area contributed by atoms with E-state index in [-0.39, 0.29) is 12.5 Å². The molecular formula is C21H20N4O2. The number of carbonyl (C=O) groups excluding carboxylic acids is 1. The number of hydrogen-bond acceptors (Lipinski definition) is 4. The minimum absolute atomic E-state index is 0.117. The van der Waals surface area contributed by atoms with Crippen LogP contribution in [-0.2, 0) is 11.3 Å². The highest BCUT2D eigenvalue weighted by molar-refractivity contribution is 5.95. The van der Waals surface area contributed by atoms with Gasteiger partial charge in [0.25, 0.3) is 5.91 Å². The van der Waals surface area contributed by atoms with E-state index < -0.39 is 0 Å². The van der Waals surface area contributed by atoms with Crippen molar-refractivity contribution < 1.29 is 9.53 Å². The Balaban J connectivity index is 1.47. The Morgan fingerprint density at radius 3 is 2.85 bits per heavy atom. The second-order valence-corrected chi connectivity index (χ2v) is 6.34. The first-order valence-corrected chi connectivity index (χ1v) is 8.88. The summed E-state index contributed by atoms with van der Waals surface area (Å²) >= 11 is 0. The third-order valence-electron chi connectivity index (χ3n) is 4.55. The van der Waals surface area contributed by atoms with Gasteiger partial charge in [-0.05, 0) is 50.2 Å². The van der Waals surface area contributed by atoms with E-state index in [4.69, 9.17) is 4.74 Å². The Bertz CT molecular complexity index is 1130. The Hall–Kier alpha value is -3.41. The second kappa shape index (κ2) is 7.07. The van der Waals surface area contributed by atoms with Crippen molar-refractivity contribution in [2.45, 2.75) is 20.4 Å². The van der Waals surface area contributed by atoms with Gasteiger partial charge in [-0.2, -0.15) is 0 Å². The number of amides is 1. The number of nitrogens with zero attached hydrogens (tertiary/aromatic N) is 3. The van der Waals surface area contributed by atoms with Crippen LogP contribution in [0.3, 0.4) is 0 Å². The number of nitrogens with one attached hydrogen (secondary N) is 1. The maximum Gasteiger partial charge on any atom is 0.262 e. The fourth-order valence-electron chi connectivity index (χ4n) is 3.33. The van der Waals surface area contributed by atoms with E-state index in [2.05, 4.69) is 39.8 Å². The van der Waals surface area contributed by atoms with Crippen molar-refractivity contribution in [3.8, 4) is 5.88 Å². The Labute approximate surface area is 156 Å². The maximum atomic E-state index is 12.3. The van der Waals surface area contributed by atoms with E-state index in [0.29, 0.717) is 5.88 Å². The van der Waals surface area contributed by atoms with Crippen molar-refractivity contribution in [1.82, 2.24) is 14.5 Å². The zero-order chi connectivity index (χ0) is 18.8. The van der Waals surface area contributed by atoms with Gasteiger partial charge in [0.2, 0.25) is 5.88 Å². The summed E-state index contributed by atoms with van der Waals surface area (Å²) in [6.07, 6.45) is 1.43. The number of ether oxygens (including phenoxy) is 1. The number of carbonyl (C=O) groups is 1. The third kappa shape index (κ3) is 3.33. The van der Waals surface area contributed by atoms with Gasteiger partial charge in [-0.25, -0.2) is 9.97 Å². The second-order valence-electron chi connectivity index (χ2n) is 6.34. The zero-order valence-electron chi connectivity index (χ0n) is 15.3. The summed E-state index contributed by atoms with van der Waals surface area (Å²) in [7, 11) is 0. The molecule has 6 heteroatoms. The summed E-state index contributed by atoms with van der Waals surface area (Å²) in [4.78, 5) is 20.6. The lowest BCUT2D eigenvalue weighted by Gasteiger charge is -2.09. The first-order chi connectivity index (χ1) is 13.2. The molecule has 0 fully saturated rings. The Kier molecular flexibility index (Phi) is 4.46. The molecule has 0 aliphatic heterocycles. The summed E-state index contributed by atoms with van der Waals surface area (Å²) in [5.74, 6) is 0.172. The molecule has 1 N–H and O–H groups in total. The zero-order valence-corrected chi connectivity index (χ0v) is 15.3. The largest absolute Gasteiger partial charge is 0.467 e. The fourth-order valence-corrected chi connectivity index (χ4v) is 3.33. The van der Waals surface area contributed by atoms with Crippen molar-refractivity contribution in [2.24, 2.45) is 0 Å². The average molecular weight is 360 g/mol. The Morgan fingerprint density at radius 1 is 1.15 bits per heavy atom. The maximum absolute atomic E-state index is 12.3. The van der Waals surface area contributed by atoms with Crippen molar-refractivity contribution in [2.75, 3.05) is 11.9 Å². The minimum atomic E-state index is -0.233. The van der Waals surface area contributed by atoms with Crippen LogP contribution >= 0.6 is 0 Å². The monoisotopic (exact) mass is 360 g/mol. The van der Waals surface area contributed by atoms with Crippen LogP contribution in [-0.4, -0.2) is 27.0 Å². The van der Waals surface area contributed by atoms with Crippen molar-refractivity contribution in [3.63, 3.8) is 0 Å². The highest BCUT2D eigenvalue weighted by Gasteiger charge is 2.10. The number of rotatable bonds is 5. The molecule has 0 unspecified atom stereocenters. The van der Waals surface area contributed by atoms with Gasteiger partial charge < -0.3 is 14.6 Å². The van der Waals surface area contributed by atoms with E-state index in [0.717, 1.165) is 34.0 Å². The van der Waals surface area contributed by atoms with Crippen LogP contribution in [0.5, 0.6) is 5.88 Å². The molecule has 2 aromatic heterocycles. The van der Waals surface area contributed by atoms with Gasteiger partial charge >= 0.3 is 0 Å². The molecule has 0 atom stereocenters. The minimum Gasteiger partial charge on any atom is -0.467 e. The molecular weight excluding hydrogens is 340 g/mol. The highest BCUT2D eigenvalue weighted by atomic mass is 16.5. The van der Waals surface area contributed by atoms with Crippen LogP contribution in [0.15, 0.2) is 54.9 Å². The molecule has 1 amide bonds. The Morgan fingerprint density at radius 2 is 2.00 bits per heavy atom. The number of aryl methyl sites for hydroxylation is 2. The summed E-state index contributed by atoms with van der Waals surface area (Å²) in [5, 5.41) is 4.77. The molecule has 0 radical (unpaired) electrons. The predicted octanol–water partition coefficient (Wildman–Crippen LogP) is 3.93. The molecule has 6 nitrogen and oxygen atoms in total. The van der Waals surface area contributed by atoms with Crippen molar-refractivity contribution >= 4 is 33.4 Å². The molecule has 4 rings (SSSR count). The fraction of sp³-hybridized carbons (Fsp3) is 0.190. The van der Waals surface area contributed by atoms with Gasteiger partial charge in [0.15, 0.2) is 6.61 Å². The van der Waals surface area contributed by atoms with Crippen LogP contribution in [0.25, 0.3) is 21.8 Å². The molecule has 2 aromatic carbocycles. The number of hydrogen-bond donors (Lipinski definition) is 1. The van der Waals surface area contributed by atoms with Crippen molar-refractivity contribution in [1.29, 1.82) is 0 Å². The van der Waals surface area contributed by atoms with Gasteiger partial charge in [0, 0.05) is 28.8 Å². The van der Waals surface area contributed by atoms with E-state index in [1.807, 2.05) is 42.5 Å². The number of para-hydroxylation sites is 1. The number of anilines is 1. The van der Waals surface area contributed by atoms with Gasteiger partial charge in [-0.1, -0.05) is 12.1 Å². The molecule has 0 spiro atoms. The number of benzene rings is 2. The lowest BCUT2D eigenvalue weighted by atomic mass is 10.2. The molecule has 0 aliphatic rings. The van der Waals surface area contributed by atoms with E-state index in [1.54, 1.807) is 0 Å². The van der Waals surface area contributed by atoms with Gasteiger partial charge in [-0.3, -0.25) is 4.79 Å². The first kappa shape index (κ1) is 17.0. The van der Waals surface area contributed by atoms with Gasteiger partial charge in [0.1, 0.15) is 6.33 Å². The lowest BCUT2D eigenvalue weighted by molar-refractivity contribution is -0.118. The van der Waals surface area contributed by atoms with E-state index in [9.17, 15) is 4.79 Å². The van der Waals surface area contributed by atoms with Gasteiger partial charge in [0.05, 0.1) is 10.9 Å². The number of fused-ring (bicyclic) bond motifs is 2. The average Bonchev–Trinajstić information content (AvgIpc) is 3.00. The van der Waals surface area contributed by atoms with Crippen LogP contribution in [0.2, 0.25) is 0 Å². The molecule has 0 saturated carbocycles. The normalized spacial score (nSPS) is 11.0.